The molecule has 1 heterocycles. The lowest BCUT2D eigenvalue weighted by Gasteiger charge is -2.41. The standard InChI is InChI=1S/C13H24N2OS/c1-12(6-8-14-9-7-12)11(16)15-10-13(17-2)4-3-5-13/h14H,3-10H2,1-2H3,(H,15,16). The molecule has 0 unspecified atom stereocenters. The monoisotopic (exact) mass is 256 g/mol. The minimum atomic E-state index is -0.144. The molecule has 1 amide bonds. The Morgan fingerprint density at radius 1 is 1.29 bits per heavy atom. The maximum Gasteiger partial charge on any atom is 0.226 e. The van der Waals surface area contributed by atoms with Gasteiger partial charge < -0.3 is 10.6 Å². The van der Waals surface area contributed by atoms with Crippen LogP contribution in [-0.4, -0.2) is 36.5 Å². The Morgan fingerprint density at radius 2 is 1.94 bits per heavy atom. The van der Waals surface area contributed by atoms with Gasteiger partial charge in [0, 0.05) is 16.7 Å². The van der Waals surface area contributed by atoms with Crippen molar-refractivity contribution >= 4 is 17.7 Å². The van der Waals surface area contributed by atoms with E-state index in [0.29, 0.717) is 4.75 Å². The van der Waals surface area contributed by atoms with Crippen LogP contribution in [0.4, 0.5) is 0 Å². The summed E-state index contributed by atoms with van der Waals surface area (Å²) in [4.78, 5) is 12.3. The Bertz CT molecular complexity index is 278. The summed E-state index contributed by atoms with van der Waals surface area (Å²) in [6.07, 6.45) is 7.92. The number of thioether (sulfide) groups is 1. The van der Waals surface area contributed by atoms with Gasteiger partial charge >= 0.3 is 0 Å². The van der Waals surface area contributed by atoms with E-state index in [0.717, 1.165) is 32.5 Å². The lowest BCUT2D eigenvalue weighted by molar-refractivity contribution is -0.131. The predicted octanol–water partition coefficient (Wildman–Crippen LogP) is 1.78. The number of nitrogens with one attached hydrogen (secondary N) is 2. The number of carbonyl (C=O) groups is 1. The summed E-state index contributed by atoms with van der Waals surface area (Å²) in [5, 5.41) is 6.52. The zero-order valence-electron chi connectivity index (χ0n) is 11.0. The average Bonchev–Trinajstić information content (AvgIpc) is 2.29. The van der Waals surface area contributed by atoms with Crippen LogP contribution >= 0.6 is 11.8 Å². The largest absolute Gasteiger partial charge is 0.354 e. The van der Waals surface area contributed by atoms with E-state index in [4.69, 9.17) is 0 Å². The van der Waals surface area contributed by atoms with Crippen LogP contribution in [0, 0.1) is 5.41 Å². The van der Waals surface area contributed by atoms with Crippen molar-refractivity contribution < 1.29 is 4.79 Å². The third-order valence-corrected chi connectivity index (χ3v) is 5.94. The molecule has 2 rings (SSSR count). The predicted molar refractivity (Wildman–Crippen MR) is 73.3 cm³/mol. The third kappa shape index (κ3) is 2.79. The zero-order valence-corrected chi connectivity index (χ0v) is 11.8. The number of piperidine rings is 1. The molecule has 98 valence electrons. The summed E-state index contributed by atoms with van der Waals surface area (Å²) in [6, 6.07) is 0. The van der Waals surface area contributed by atoms with Gasteiger partial charge in [-0.15, -0.1) is 0 Å². The Morgan fingerprint density at radius 3 is 2.41 bits per heavy atom. The van der Waals surface area contributed by atoms with Crippen molar-refractivity contribution in [2.45, 2.75) is 43.8 Å². The summed E-state index contributed by atoms with van der Waals surface area (Å²) in [5.74, 6) is 0.263. The van der Waals surface area contributed by atoms with Gasteiger partial charge in [0.25, 0.3) is 0 Å². The number of amides is 1. The molecule has 1 saturated carbocycles. The molecule has 17 heavy (non-hydrogen) atoms. The lowest BCUT2D eigenvalue weighted by Crippen LogP contribution is -2.51. The van der Waals surface area contributed by atoms with Gasteiger partial charge in [-0.3, -0.25) is 4.79 Å². The fourth-order valence-electron chi connectivity index (χ4n) is 2.68. The van der Waals surface area contributed by atoms with Crippen molar-refractivity contribution in [1.29, 1.82) is 0 Å². The van der Waals surface area contributed by atoms with E-state index < -0.39 is 0 Å². The summed E-state index contributed by atoms with van der Waals surface area (Å²) in [5.41, 5.74) is -0.144. The van der Waals surface area contributed by atoms with E-state index >= 15 is 0 Å². The van der Waals surface area contributed by atoms with Crippen LogP contribution in [0.3, 0.4) is 0 Å². The molecule has 3 nitrogen and oxygen atoms in total. The summed E-state index contributed by atoms with van der Waals surface area (Å²) >= 11 is 1.92. The van der Waals surface area contributed by atoms with Crippen LogP contribution in [0.1, 0.15) is 39.0 Å². The number of hydrogen-bond acceptors (Lipinski definition) is 3. The minimum absolute atomic E-state index is 0.144. The number of carbonyl (C=O) groups excluding carboxylic acids is 1. The molecule has 1 aliphatic heterocycles. The highest BCUT2D eigenvalue weighted by atomic mass is 32.2. The van der Waals surface area contributed by atoms with Gasteiger partial charge in [0.2, 0.25) is 5.91 Å². The van der Waals surface area contributed by atoms with E-state index in [-0.39, 0.29) is 11.3 Å². The first-order valence-corrected chi connectivity index (χ1v) is 7.87. The molecule has 2 aliphatic rings. The van der Waals surface area contributed by atoms with E-state index in [1.54, 1.807) is 0 Å². The van der Waals surface area contributed by atoms with Crippen molar-refractivity contribution in [2.24, 2.45) is 5.41 Å². The number of hydrogen-bond donors (Lipinski definition) is 2. The van der Waals surface area contributed by atoms with Crippen molar-refractivity contribution in [1.82, 2.24) is 10.6 Å². The first-order chi connectivity index (χ1) is 8.10. The van der Waals surface area contributed by atoms with Gasteiger partial charge in [0.15, 0.2) is 0 Å². The van der Waals surface area contributed by atoms with Crippen LogP contribution in [0.2, 0.25) is 0 Å². The highest BCUT2D eigenvalue weighted by Gasteiger charge is 2.39. The average molecular weight is 256 g/mol. The van der Waals surface area contributed by atoms with E-state index in [2.05, 4.69) is 23.8 Å². The van der Waals surface area contributed by atoms with E-state index in [9.17, 15) is 4.79 Å². The summed E-state index contributed by atoms with van der Waals surface area (Å²) in [6.45, 7) is 4.90. The molecule has 1 aliphatic carbocycles. The second kappa shape index (κ2) is 5.19. The first-order valence-electron chi connectivity index (χ1n) is 6.64. The van der Waals surface area contributed by atoms with Crippen molar-refractivity contribution in [3.63, 3.8) is 0 Å². The Kier molecular flexibility index (Phi) is 4.03. The van der Waals surface area contributed by atoms with Crippen LogP contribution < -0.4 is 10.6 Å². The van der Waals surface area contributed by atoms with Gasteiger partial charge in [0.05, 0.1) is 0 Å². The SMILES string of the molecule is CSC1(CNC(=O)C2(C)CCNCC2)CCC1. The Balaban J connectivity index is 1.84. The van der Waals surface area contributed by atoms with Gasteiger partial charge in [-0.25, -0.2) is 0 Å². The van der Waals surface area contributed by atoms with Gasteiger partial charge in [-0.2, -0.15) is 11.8 Å². The first kappa shape index (κ1) is 13.2. The molecule has 1 saturated heterocycles. The van der Waals surface area contributed by atoms with E-state index in [1.165, 1.54) is 19.3 Å². The quantitative estimate of drug-likeness (QED) is 0.805. The molecule has 2 fully saturated rings. The highest BCUT2D eigenvalue weighted by Crippen LogP contribution is 2.42. The summed E-state index contributed by atoms with van der Waals surface area (Å²) in [7, 11) is 0. The summed E-state index contributed by atoms with van der Waals surface area (Å²) < 4.78 is 0.346. The Labute approximate surface area is 108 Å². The van der Waals surface area contributed by atoms with Gasteiger partial charge in [-0.05, 0) is 45.0 Å². The van der Waals surface area contributed by atoms with Gasteiger partial charge in [0.1, 0.15) is 0 Å². The fourth-order valence-corrected chi connectivity index (χ4v) is 3.60. The minimum Gasteiger partial charge on any atom is -0.354 e. The van der Waals surface area contributed by atoms with E-state index in [1.807, 2.05) is 11.8 Å². The van der Waals surface area contributed by atoms with Crippen molar-refractivity contribution in [3.8, 4) is 0 Å². The van der Waals surface area contributed by atoms with Crippen molar-refractivity contribution in [2.75, 3.05) is 25.9 Å². The molecule has 0 aromatic carbocycles. The molecular weight excluding hydrogens is 232 g/mol. The second-order valence-corrected chi connectivity index (χ2v) is 7.01. The second-order valence-electron chi connectivity index (χ2n) is 5.73. The zero-order chi connectivity index (χ0) is 12.4. The van der Waals surface area contributed by atoms with Crippen LogP contribution in [-0.2, 0) is 4.79 Å². The molecule has 0 radical (unpaired) electrons. The fraction of sp³-hybridized carbons (Fsp3) is 0.923. The maximum absolute atomic E-state index is 12.3. The molecular formula is C13H24N2OS. The van der Waals surface area contributed by atoms with Crippen LogP contribution in [0.15, 0.2) is 0 Å². The normalized spacial score (nSPS) is 26.0. The molecule has 0 bridgehead atoms. The molecule has 4 heteroatoms. The molecule has 0 spiro atoms. The van der Waals surface area contributed by atoms with Crippen molar-refractivity contribution in [3.05, 3.63) is 0 Å². The maximum atomic E-state index is 12.3. The molecule has 0 aromatic rings. The van der Waals surface area contributed by atoms with Crippen LogP contribution in [0.25, 0.3) is 0 Å². The van der Waals surface area contributed by atoms with Crippen LogP contribution in [0.5, 0.6) is 0 Å². The highest BCUT2D eigenvalue weighted by molar-refractivity contribution is 8.00. The number of rotatable bonds is 4. The molecule has 0 aromatic heterocycles. The molecule has 2 N–H and O–H groups in total. The van der Waals surface area contributed by atoms with Gasteiger partial charge in [-0.1, -0.05) is 13.3 Å². The third-order valence-electron chi connectivity index (χ3n) is 4.52. The smallest absolute Gasteiger partial charge is 0.226 e. The lowest BCUT2D eigenvalue weighted by atomic mass is 9.79. The topological polar surface area (TPSA) is 41.1 Å². The Hall–Kier alpha value is -0.220. The molecule has 0 atom stereocenters.